The zero-order valence-electron chi connectivity index (χ0n) is 27.0. The van der Waals surface area contributed by atoms with E-state index in [1.54, 1.807) is 0 Å². The summed E-state index contributed by atoms with van der Waals surface area (Å²) in [5.74, 6) is 1.41. The topological polar surface area (TPSA) is 54.8 Å². The standard InChI is InChI=1S/C45H30N4O/c1-4-15-29(16-5-1)32-23-14-24-35-33-21-10-12-25-38(33)49(42(32)35)39-27-36-34-22-11-13-26-40(34)50-41(36)28-37(39)45-47-43(30-17-6-2-7-18-30)46-44(48-45)31-19-8-3-9-20-31/h1-28,43H,(H,46,47,48). The van der Waals surface area contributed by atoms with Crippen LogP contribution in [0.1, 0.15) is 22.9 Å². The summed E-state index contributed by atoms with van der Waals surface area (Å²) in [6.45, 7) is 0. The molecule has 0 bridgehead atoms. The second-order valence-corrected chi connectivity index (χ2v) is 12.6. The second kappa shape index (κ2) is 11.5. The van der Waals surface area contributed by atoms with Crippen molar-refractivity contribution in [3.63, 3.8) is 0 Å². The van der Waals surface area contributed by atoms with Crippen LogP contribution in [0.25, 0.3) is 60.6 Å². The fourth-order valence-corrected chi connectivity index (χ4v) is 7.36. The lowest BCUT2D eigenvalue weighted by molar-refractivity contribution is 0.667. The molecule has 0 spiro atoms. The summed E-state index contributed by atoms with van der Waals surface area (Å²) in [4.78, 5) is 10.6. The Bertz CT molecular complexity index is 2780. The van der Waals surface area contributed by atoms with Crippen LogP contribution in [0.5, 0.6) is 0 Å². The Hall–Kier alpha value is -6.72. The van der Waals surface area contributed by atoms with Crippen LogP contribution in [0.3, 0.4) is 0 Å². The van der Waals surface area contributed by atoms with Crippen LogP contribution >= 0.6 is 0 Å². The monoisotopic (exact) mass is 642 g/mol. The summed E-state index contributed by atoms with van der Waals surface area (Å²) in [7, 11) is 0. The van der Waals surface area contributed by atoms with Crippen molar-refractivity contribution in [1.82, 2.24) is 9.88 Å². The number of para-hydroxylation sites is 3. The van der Waals surface area contributed by atoms with Gasteiger partial charge in [0.15, 0.2) is 5.84 Å². The van der Waals surface area contributed by atoms with Crippen LogP contribution in [-0.4, -0.2) is 16.2 Å². The number of furan rings is 1. The van der Waals surface area contributed by atoms with Gasteiger partial charge in [-0.2, -0.15) is 0 Å². The van der Waals surface area contributed by atoms with Gasteiger partial charge in [-0.05, 0) is 35.4 Å². The molecule has 0 saturated heterocycles. The minimum Gasteiger partial charge on any atom is -0.456 e. The van der Waals surface area contributed by atoms with Crippen molar-refractivity contribution in [2.75, 3.05) is 0 Å². The van der Waals surface area contributed by atoms with Crippen molar-refractivity contribution < 1.29 is 4.42 Å². The van der Waals surface area contributed by atoms with E-state index in [0.717, 1.165) is 72.3 Å². The number of rotatable bonds is 5. The van der Waals surface area contributed by atoms with E-state index >= 15 is 0 Å². The number of nitrogens with zero attached hydrogens (tertiary/aromatic N) is 3. The van der Waals surface area contributed by atoms with Gasteiger partial charge in [-0.3, -0.25) is 0 Å². The largest absolute Gasteiger partial charge is 0.456 e. The van der Waals surface area contributed by atoms with E-state index in [0.29, 0.717) is 5.84 Å². The van der Waals surface area contributed by atoms with Gasteiger partial charge >= 0.3 is 0 Å². The fraction of sp³-hybridized carbons (Fsp3) is 0.0222. The first-order valence-electron chi connectivity index (χ1n) is 16.9. The van der Waals surface area contributed by atoms with Gasteiger partial charge in [0.25, 0.3) is 0 Å². The molecule has 0 radical (unpaired) electrons. The van der Waals surface area contributed by atoms with Gasteiger partial charge in [0.05, 0.1) is 16.7 Å². The Kier molecular flexibility index (Phi) is 6.49. The van der Waals surface area contributed by atoms with Gasteiger partial charge in [-0.25, -0.2) is 9.98 Å². The molecule has 0 saturated carbocycles. The van der Waals surface area contributed by atoms with E-state index in [4.69, 9.17) is 14.4 Å². The summed E-state index contributed by atoms with van der Waals surface area (Å²) in [5.41, 5.74) is 10.1. The van der Waals surface area contributed by atoms with Crippen LogP contribution in [0.4, 0.5) is 0 Å². The van der Waals surface area contributed by atoms with Gasteiger partial charge < -0.3 is 14.3 Å². The SMILES string of the molecule is c1ccc(C2=NC(c3cc4oc5ccccc5c4cc3-n3c4ccccc4c4cccc(-c5ccccc5)c43)=NC(c3ccccc3)N2)cc1. The molecule has 1 aliphatic heterocycles. The number of nitrogens with one attached hydrogen (secondary N) is 1. The smallest absolute Gasteiger partial charge is 0.161 e. The molecular weight excluding hydrogens is 613 g/mol. The molecule has 3 heterocycles. The number of aliphatic imine (C=N–C) groups is 2. The Morgan fingerprint density at radius 1 is 0.520 bits per heavy atom. The summed E-state index contributed by atoms with van der Waals surface area (Å²) in [6.07, 6.45) is -0.337. The number of benzene rings is 7. The zero-order valence-corrected chi connectivity index (χ0v) is 27.0. The molecule has 236 valence electrons. The highest BCUT2D eigenvalue weighted by Gasteiger charge is 2.26. The number of fused-ring (bicyclic) bond motifs is 6. The van der Waals surface area contributed by atoms with Gasteiger partial charge in [0, 0.05) is 38.2 Å². The Balaban J connectivity index is 1.33. The molecule has 7 aromatic carbocycles. The van der Waals surface area contributed by atoms with Crippen LogP contribution in [-0.2, 0) is 0 Å². The molecule has 9 aromatic rings. The molecule has 0 amide bonds. The van der Waals surface area contributed by atoms with Crippen LogP contribution in [0, 0.1) is 0 Å². The third-order valence-electron chi connectivity index (χ3n) is 9.66. The molecule has 2 aromatic heterocycles. The first-order chi connectivity index (χ1) is 24.8. The fourth-order valence-electron chi connectivity index (χ4n) is 7.36. The average Bonchev–Trinajstić information content (AvgIpc) is 3.73. The van der Waals surface area contributed by atoms with Crippen LogP contribution < -0.4 is 5.32 Å². The first kappa shape index (κ1) is 28.3. The van der Waals surface area contributed by atoms with E-state index < -0.39 is 0 Å². The van der Waals surface area contributed by atoms with E-state index in [-0.39, 0.29) is 6.17 Å². The summed E-state index contributed by atoms with van der Waals surface area (Å²) in [5, 5.41) is 8.11. The number of aromatic nitrogens is 1. The van der Waals surface area contributed by atoms with Crippen molar-refractivity contribution in [3.05, 3.63) is 187 Å². The van der Waals surface area contributed by atoms with Crippen molar-refractivity contribution in [1.29, 1.82) is 0 Å². The minimum absolute atomic E-state index is 0.337. The summed E-state index contributed by atoms with van der Waals surface area (Å²) in [6, 6.07) is 59.2. The highest BCUT2D eigenvalue weighted by atomic mass is 16.3. The van der Waals surface area contributed by atoms with Crippen molar-refractivity contribution >= 4 is 55.4 Å². The van der Waals surface area contributed by atoms with Gasteiger partial charge in [0.1, 0.15) is 23.2 Å². The molecule has 1 atom stereocenters. The quantitative estimate of drug-likeness (QED) is 0.203. The number of amidine groups is 2. The molecule has 0 aliphatic carbocycles. The molecule has 5 nitrogen and oxygen atoms in total. The maximum atomic E-state index is 6.52. The highest BCUT2D eigenvalue weighted by Crippen LogP contribution is 2.41. The Morgan fingerprint density at radius 3 is 1.98 bits per heavy atom. The van der Waals surface area contributed by atoms with E-state index in [1.165, 1.54) is 10.8 Å². The zero-order chi connectivity index (χ0) is 33.0. The molecule has 50 heavy (non-hydrogen) atoms. The van der Waals surface area contributed by atoms with Crippen molar-refractivity contribution in [3.8, 4) is 16.8 Å². The van der Waals surface area contributed by atoms with E-state index in [2.05, 4.69) is 143 Å². The minimum atomic E-state index is -0.337. The third kappa shape index (κ3) is 4.55. The van der Waals surface area contributed by atoms with Crippen LogP contribution in [0.15, 0.2) is 184 Å². The lowest BCUT2D eigenvalue weighted by atomic mass is 10.0. The van der Waals surface area contributed by atoms with Gasteiger partial charge in [0.2, 0.25) is 0 Å². The molecule has 1 aliphatic rings. The van der Waals surface area contributed by atoms with Gasteiger partial charge in [-0.1, -0.05) is 146 Å². The van der Waals surface area contributed by atoms with E-state index in [1.807, 2.05) is 36.4 Å². The lowest BCUT2D eigenvalue weighted by Crippen LogP contribution is -2.33. The Labute approximate surface area is 288 Å². The maximum absolute atomic E-state index is 6.52. The second-order valence-electron chi connectivity index (χ2n) is 12.6. The third-order valence-corrected chi connectivity index (χ3v) is 9.66. The van der Waals surface area contributed by atoms with Gasteiger partial charge in [-0.15, -0.1) is 0 Å². The predicted octanol–water partition coefficient (Wildman–Crippen LogP) is 10.8. The summed E-state index contributed by atoms with van der Waals surface area (Å²) >= 11 is 0. The summed E-state index contributed by atoms with van der Waals surface area (Å²) < 4.78 is 8.92. The first-order valence-corrected chi connectivity index (χ1v) is 16.9. The Morgan fingerprint density at radius 2 is 1.18 bits per heavy atom. The molecule has 5 heteroatoms. The van der Waals surface area contributed by atoms with Crippen molar-refractivity contribution in [2.24, 2.45) is 9.98 Å². The maximum Gasteiger partial charge on any atom is 0.161 e. The molecule has 1 unspecified atom stereocenters. The van der Waals surface area contributed by atoms with Crippen molar-refractivity contribution in [2.45, 2.75) is 6.17 Å². The molecule has 0 fully saturated rings. The van der Waals surface area contributed by atoms with Crippen LogP contribution in [0.2, 0.25) is 0 Å². The predicted molar refractivity (Wildman–Crippen MR) is 205 cm³/mol. The van der Waals surface area contributed by atoms with E-state index in [9.17, 15) is 0 Å². The average molecular weight is 643 g/mol. The molecule has 10 rings (SSSR count). The normalized spacial score (nSPS) is 14.6. The number of hydrogen-bond donors (Lipinski definition) is 1. The molecule has 1 N–H and O–H groups in total. The lowest BCUT2D eigenvalue weighted by Gasteiger charge is -2.25. The number of hydrogen-bond acceptors (Lipinski definition) is 4. The molecular formula is C45H30N4O. The highest BCUT2D eigenvalue weighted by molar-refractivity contribution is 6.19.